The van der Waals surface area contributed by atoms with Crippen LogP contribution in [-0.2, 0) is 4.74 Å². The summed E-state index contributed by atoms with van der Waals surface area (Å²) in [5.41, 5.74) is 0. The lowest BCUT2D eigenvalue weighted by Crippen LogP contribution is -2.50. The van der Waals surface area contributed by atoms with Crippen LogP contribution < -0.4 is 10.6 Å². The van der Waals surface area contributed by atoms with Crippen LogP contribution in [0.5, 0.6) is 0 Å². The molecule has 28 heavy (non-hydrogen) atoms. The van der Waals surface area contributed by atoms with Crippen molar-refractivity contribution >= 4 is 36.0 Å². The van der Waals surface area contributed by atoms with E-state index >= 15 is 0 Å². The van der Waals surface area contributed by atoms with Crippen LogP contribution in [-0.4, -0.2) is 87.0 Å². The van der Waals surface area contributed by atoms with Gasteiger partial charge in [0.1, 0.15) is 0 Å². The van der Waals surface area contributed by atoms with Gasteiger partial charge in [-0.15, -0.1) is 24.0 Å². The third-order valence-corrected chi connectivity index (χ3v) is 4.92. The molecule has 0 saturated carbocycles. The van der Waals surface area contributed by atoms with Crippen molar-refractivity contribution in [2.75, 3.05) is 52.9 Å². The van der Waals surface area contributed by atoms with Gasteiger partial charge in [-0.05, 0) is 38.6 Å². The summed E-state index contributed by atoms with van der Waals surface area (Å²) in [6.45, 7) is 4.09. The number of alkyl halides is 3. The third kappa shape index (κ3) is 8.58. The molecule has 2 fully saturated rings. The van der Waals surface area contributed by atoms with Crippen LogP contribution in [0.2, 0.25) is 0 Å². The fraction of sp³-hybridized carbons (Fsp3) is 0.882. The minimum Gasteiger partial charge on any atom is -0.450 e. The zero-order chi connectivity index (χ0) is 19.9. The first-order valence-electron chi connectivity index (χ1n) is 9.48. The number of likely N-dealkylation sites (tertiary alicyclic amines) is 2. The number of halogens is 4. The normalized spacial score (nSPS) is 22.0. The van der Waals surface area contributed by atoms with Crippen molar-refractivity contribution in [3.05, 3.63) is 0 Å². The first-order chi connectivity index (χ1) is 12.8. The van der Waals surface area contributed by atoms with E-state index in [2.05, 4.69) is 15.6 Å². The van der Waals surface area contributed by atoms with E-state index in [0.717, 1.165) is 19.3 Å². The summed E-state index contributed by atoms with van der Waals surface area (Å²) in [6, 6.07) is 0.201. The summed E-state index contributed by atoms with van der Waals surface area (Å²) in [4.78, 5) is 19.1. The largest absolute Gasteiger partial charge is 0.450 e. The maximum absolute atomic E-state index is 12.5. The molecule has 11 heteroatoms. The van der Waals surface area contributed by atoms with E-state index in [1.165, 1.54) is 4.90 Å². The van der Waals surface area contributed by atoms with Gasteiger partial charge in [-0.3, -0.25) is 9.89 Å². The van der Waals surface area contributed by atoms with Crippen molar-refractivity contribution in [3.63, 3.8) is 0 Å². The molecule has 7 nitrogen and oxygen atoms in total. The molecule has 1 amide bonds. The number of nitrogens with one attached hydrogen (secondary N) is 2. The van der Waals surface area contributed by atoms with Crippen molar-refractivity contribution in [2.24, 2.45) is 10.9 Å². The molecular formula is C17H31F3IN5O2. The van der Waals surface area contributed by atoms with Crippen molar-refractivity contribution in [1.29, 1.82) is 0 Å². The number of piperidine rings is 1. The number of guanidine groups is 1. The minimum absolute atomic E-state index is 0. The van der Waals surface area contributed by atoms with Gasteiger partial charge in [0.2, 0.25) is 0 Å². The molecule has 1 unspecified atom stereocenters. The average molecular weight is 521 g/mol. The highest BCUT2D eigenvalue weighted by molar-refractivity contribution is 14.0. The van der Waals surface area contributed by atoms with E-state index in [0.29, 0.717) is 45.3 Å². The molecule has 2 N–H and O–H groups in total. The number of carbonyl (C=O) groups excluding carboxylic acids is 1. The second-order valence-electron chi connectivity index (χ2n) is 7.06. The zero-order valence-corrected chi connectivity index (χ0v) is 18.8. The van der Waals surface area contributed by atoms with E-state index in [-0.39, 0.29) is 42.0 Å². The van der Waals surface area contributed by atoms with Gasteiger partial charge in [0.25, 0.3) is 0 Å². The van der Waals surface area contributed by atoms with Crippen molar-refractivity contribution in [2.45, 2.75) is 38.4 Å². The van der Waals surface area contributed by atoms with Crippen molar-refractivity contribution < 1.29 is 22.7 Å². The predicted molar refractivity (Wildman–Crippen MR) is 112 cm³/mol. The molecule has 0 aromatic rings. The number of amides is 1. The molecular weight excluding hydrogens is 490 g/mol. The molecule has 0 aliphatic carbocycles. The molecule has 0 aromatic carbocycles. The maximum atomic E-state index is 12.5. The number of rotatable bonds is 5. The Balaban J connectivity index is 0.00000392. The van der Waals surface area contributed by atoms with E-state index < -0.39 is 12.7 Å². The Hall–Kier alpha value is -0.980. The van der Waals surface area contributed by atoms with Crippen LogP contribution in [0.25, 0.3) is 0 Å². The molecule has 0 bridgehead atoms. The predicted octanol–water partition coefficient (Wildman–Crippen LogP) is 2.27. The van der Waals surface area contributed by atoms with Gasteiger partial charge in [0.15, 0.2) is 5.96 Å². The zero-order valence-electron chi connectivity index (χ0n) is 16.4. The lowest BCUT2D eigenvalue weighted by molar-refractivity contribution is -0.143. The Morgan fingerprint density at radius 3 is 2.46 bits per heavy atom. The second-order valence-corrected chi connectivity index (χ2v) is 7.06. The molecule has 0 aromatic heterocycles. The molecule has 2 aliphatic heterocycles. The van der Waals surface area contributed by atoms with E-state index in [4.69, 9.17) is 4.74 Å². The Morgan fingerprint density at radius 2 is 1.89 bits per heavy atom. The van der Waals surface area contributed by atoms with Crippen LogP contribution in [0, 0.1) is 5.92 Å². The maximum Gasteiger partial charge on any atom is 0.409 e. The standard InChI is InChI=1S/C17H30F3N5O2.HI/c1-3-27-16(26)25-8-5-14(6-9-25)23-15(21-2)22-10-13-4-7-24(11-13)12-17(18,19)20;/h13-14H,3-12H2,1-2H3,(H2,21,22,23);1H. The number of carbonyl (C=O) groups is 1. The quantitative estimate of drug-likeness (QED) is 0.330. The summed E-state index contributed by atoms with van der Waals surface area (Å²) in [5.74, 6) is 0.829. The Morgan fingerprint density at radius 1 is 1.21 bits per heavy atom. The first kappa shape index (κ1) is 25.1. The summed E-state index contributed by atoms with van der Waals surface area (Å²) >= 11 is 0. The Labute approximate surface area is 181 Å². The average Bonchev–Trinajstić information content (AvgIpc) is 3.04. The second kappa shape index (κ2) is 11.9. The first-order valence-corrected chi connectivity index (χ1v) is 9.48. The molecule has 1 atom stereocenters. The Bertz CT molecular complexity index is 514. The number of hydrogen-bond acceptors (Lipinski definition) is 4. The molecule has 2 aliphatic rings. The fourth-order valence-corrected chi connectivity index (χ4v) is 3.53. The van der Waals surface area contributed by atoms with Gasteiger partial charge < -0.3 is 20.3 Å². The number of nitrogens with zero attached hydrogens (tertiary/aromatic N) is 3. The molecule has 2 saturated heterocycles. The van der Waals surface area contributed by atoms with Gasteiger partial charge in [0.05, 0.1) is 13.2 Å². The van der Waals surface area contributed by atoms with Gasteiger partial charge >= 0.3 is 12.3 Å². The Kier molecular flexibility index (Phi) is 10.6. The topological polar surface area (TPSA) is 69.2 Å². The molecule has 0 radical (unpaired) electrons. The van der Waals surface area contributed by atoms with Gasteiger partial charge in [-0.1, -0.05) is 0 Å². The summed E-state index contributed by atoms with van der Waals surface area (Å²) in [7, 11) is 1.67. The lowest BCUT2D eigenvalue weighted by atomic mass is 10.1. The van der Waals surface area contributed by atoms with Gasteiger partial charge in [-0.25, -0.2) is 4.79 Å². The number of hydrogen-bond donors (Lipinski definition) is 2. The summed E-state index contributed by atoms with van der Waals surface area (Å²) < 4.78 is 42.4. The summed E-state index contributed by atoms with van der Waals surface area (Å²) in [6.07, 6.45) is -2.08. The van der Waals surface area contributed by atoms with Crippen LogP contribution in [0.15, 0.2) is 4.99 Å². The monoisotopic (exact) mass is 521 g/mol. The number of aliphatic imine (C=N–C) groups is 1. The lowest BCUT2D eigenvalue weighted by Gasteiger charge is -2.32. The smallest absolute Gasteiger partial charge is 0.409 e. The minimum atomic E-state index is -4.14. The van der Waals surface area contributed by atoms with Crippen LogP contribution >= 0.6 is 24.0 Å². The van der Waals surface area contributed by atoms with Crippen LogP contribution in [0.3, 0.4) is 0 Å². The van der Waals surface area contributed by atoms with E-state index in [9.17, 15) is 18.0 Å². The molecule has 2 rings (SSSR count). The third-order valence-electron chi connectivity index (χ3n) is 4.92. The highest BCUT2D eigenvalue weighted by Gasteiger charge is 2.34. The molecule has 164 valence electrons. The number of ether oxygens (including phenoxy) is 1. The van der Waals surface area contributed by atoms with Crippen LogP contribution in [0.1, 0.15) is 26.2 Å². The SMILES string of the molecule is CCOC(=O)N1CCC(NC(=NC)NCC2CCN(CC(F)(F)F)C2)CC1.I. The van der Waals surface area contributed by atoms with Crippen molar-refractivity contribution in [1.82, 2.24) is 20.4 Å². The van der Waals surface area contributed by atoms with Crippen molar-refractivity contribution in [3.8, 4) is 0 Å². The summed E-state index contributed by atoms with van der Waals surface area (Å²) in [5, 5.41) is 6.56. The highest BCUT2D eigenvalue weighted by Crippen LogP contribution is 2.22. The van der Waals surface area contributed by atoms with E-state index in [1.807, 2.05) is 0 Å². The van der Waals surface area contributed by atoms with Gasteiger partial charge in [-0.2, -0.15) is 13.2 Å². The highest BCUT2D eigenvalue weighted by atomic mass is 127. The van der Waals surface area contributed by atoms with Gasteiger partial charge in [0, 0.05) is 39.3 Å². The fourth-order valence-electron chi connectivity index (χ4n) is 3.53. The van der Waals surface area contributed by atoms with Crippen LogP contribution in [0.4, 0.5) is 18.0 Å². The molecule has 2 heterocycles. The van der Waals surface area contributed by atoms with E-state index in [1.54, 1.807) is 18.9 Å². The molecule has 0 spiro atoms.